The van der Waals surface area contributed by atoms with Crippen LogP contribution in [0.25, 0.3) is 21.8 Å². The number of aromatic nitrogens is 2. The largest absolute Gasteiger partial charge is 0.361 e. The molecule has 5 heteroatoms. The van der Waals surface area contributed by atoms with Gasteiger partial charge in [-0.05, 0) is 49.1 Å². The Morgan fingerprint density at radius 2 is 1.79 bits per heavy atom. The van der Waals surface area contributed by atoms with E-state index in [2.05, 4.69) is 64.1 Å². The van der Waals surface area contributed by atoms with E-state index in [1.807, 2.05) is 30.5 Å². The van der Waals surface area contributed by atoms with E-state index in [4.69, 9.17) is 4.99 Å². The van der Waals surface area contributed by atoms with Crippen molar-refractivity contribution in [3.05, 3.63) is 78.1 Å². The molecule has 0 fully saturated rings. The standard InChI is InChI=1S/C24H27N5/c1-2-25-24(29-17-19-13-15-26-22-11-5-3-10-21(19)22)27-14-7-8-18-16-28-23-12-6-4-9-20(18)23/h3-6,9-13,15-16,28H,2,7-8,14,17H2,1H3,(H2,25,27,29). The number of fused-ring (bicyclic) bond motifs is 2. The number of hydrogen-bond acceptors (Lipinski definition) is 2. The Morgan fingerprint density at radius 3 is 2.69 bits per heavy atom. The van der Waals surface area contributed by atoms with Crippen molar-refractivity contribution in [1.29, 1.82) is 0 Å². The van der Waals surface area contributed by atoms with Crippen LogP contribution in [-0.2, 0) is 13.0 Å². The van der Waals surface area contributed by atoms with Gasteiger partial charge in [0.15, 0.2) is 5.96 Å². The van der Waals surface area contributed by atoms with E-state index in [1.54, 1.807) is 0 Å². The van der Waals surface area contributed by atoms with Crippen molar-refractivity contribution in [3.63, 3.8) is 0 Å². The molecule has 4 aromatic rings. The van der Waals surface area contributed by atoms with E-state index in [-0.39, 0.29) is 0 Å². The van der Waals surface area contributed by atoms with Crippen molar-refractivity contribution in [2.75, 3.05) is 13.1 Å². The number of aliphatic imine (C=N–C) groups is 1. The molecule has 3 N–H and O–H groups in total. The highest BCUT2D eigenvalue weighted by Crippen LogP contribution is 2.19. The lowest BCUT2D eigenvalue weighted by atomic mass is 10.1. The van der Waals surface area contributed by atoms with Crippen LogP contribution in [0.5, 0.6) is 0 Å². The first kappa shape index (κ1) is 19.0. The third kappa shape index (κ3) is 4.57. The van der Waals surface area contributed by atoms with Gasteiger partial charge in [-0.2, -0.15) is 0 Å². The number of para-hydroxylation sites is 2. The van der Waals surface area contributed by atoms with Crippen LogP contribution in [0.3, 0.4) is 0 Å². The smallest absolute Gasteiger partial charge is 0.191 e. The summed E-state index contributed by atoms with van der Waals surface area (Å²) < 4.78 is 0. The second-order valence-electron chi connectivity index (χ2n) is 7.07. The fourth-order valence-electron chi connectivity index (χ4n) is 3.62. The van der Waals surface area contributed by atoms with E-state index in [1.165, 1.54) is 22.0 Å². The zero-order chi connectivity index (χ0) is 19.9. The summed E-state index contributed by atoms with van der Waals surface area (Å²) in [4.78, 5) is 12.6. The minimum absolute atomic E-state index is 0.626. The first-order chi connectivity index (χ1) is 14.3. The average Bonchev–Trinajstić information content (AvgIpc) is 3.18. The van der Waals surface area contributed by atoms with E-state index < -0.39 is 0 Å². The Labute approximate surface area is 171 Å². The maximum absolute atomic E-state index is 4.78. The monoisotopic (exact) mass is 385 g/mol. The molecule has 0 radical (unpaired) electrons. The molecule has 0 spiro atoms. The topological polar surface area (TPSA) is 65.1 Å². The number of nitrogens with zero attached hydrogens (tertiary/aromatic N) is 2. The third-order valence-corrected chi connectivity index (χ3v) is 5.08. The Hall–Kier alpha value is -3.34. The molecule has 0 atom stereocenters. The molecule has 0 amide bonds. The molecular weight excluding hydrogens is 358 g/mol. The fraction of sp³-hybridized carbons (Fsp3) is 0.250. The summed E-state index contributed by atoms with van der Waals surface area (Å²) in [5.41, 5.74) is 4.77. The number of nitrogens with one attached hydrogen (secondary N) is 3. The van der Waals surface area contributed by atoms with Gasteiger partial charge in [0.1, 0.15) is 0 Å². The van der Waals surface area contributed by atoms with Crippen LogP contribution in [0.15, 0.2) is 72.0 Å². The van der Waals surface area contributed by atoms with Crippen LogP contribution >= 0.6 is 0 Å². The van der Waals surface area contributed by atoms with Crippen molar-refractivity contribution in [3.8, 4) is 0 Å². The predicted molar refractivity (Wildman–Crippen MR) is 121 cm³/mol. The molecule has 148 valence electrons. The van der Waals surface area contributed by atoms with Crippen LogP contribution in [0, 0.1) is 0 Å². The number of pyridine rings is 1. The number of hydrogen-bond donors (Lipinski definition) is 3. The van der Waals surface area contributed by atoms with Gasteiger partial charge < -0.3 is 15.6 Å². The van der Waals surface area contributed by atoms with Gasteiger partial charge in [0, 0.05) is 41.8 Å². The Kier molecular flexibility index (Phi) is 6.05. The first-order valence-corrected chi connectivity index (χ1v) is 10.2. The summed E-state index contributed by atoms with van der Waals surface area (Å²) >= 11 is 0. The van der Waals surface area contributed by atoms with Crippen molar-refractivity contribution >= 4 is 27.8 Å². The van der Waals surface area contributed by atoms with E-state index >= 15 is 0 Å². The molecular formula is C24H27N5. The highest BCUT2D eigenvalue weighted by atomic mass is 15.2. The Bertz CT molecular complexity index is 1110. The van der Waals surface area contributed by atoms with Crippen LogP contribution in [-0.4, -0.2) is 29.0 Å². The molecule has 0 aliphatic carbocycles. The minimum atomic E-state index is 0.626. The predicted octanol–water partition coefficient (Wildman–Crippen LogP) is 4.40. The van der Waals surface area contributed by atoms with Gasteiger partial charge in [-0.15, -0.1) is 0 Å². The molecule has 0 aliphatic heterocycles. The quantitative estimate of drug-likeness (QED) is 0.251. The fourth-order valence-corrected chi connectivity index (χ4v) is 3.62. The SMILES string of the molecule is CCNC(=NCc1ccnc2ccccc12)NCCCc1c[nH]c2ccccc12. The Morgan fingerprint density at radius 1 is 0.966 bits per heavy atom. The first-order valence-electron chi connectivity index (χ1n) is 10.2. The van der Waals surface area contributed by atoms with Crippen molar-refractivity contribution in [1.82, 2.24) is 20.6 Å². The van der Waals surface area contributed by atoms with Gasteiger partial charge in [-0.25, -0.2) is 4.99 Å². The van der Waals surface area contributed by atoms with E-state index in [9.17, 15) is 0 Å². The van der Waals surface area contributed by atoms with Crippen molar-refractivity contribution in [2.45, 2.75) is 26.3 Å². The lowest BCUT2D eigenvalue weighted by molar-refractivity contribution is 0.746. The maximum atomic E-state index is 4.78. The Balaban J connectivity index is 1.36. The molecule has 2 heterocycles. The summed E-state index contributed by atoms with van der Waals surface area (Å²) in [6.45, 7) is 4.43. The zero-order valence-electron chi connectivity index (χ0n) is 16.8. The summed E-state index contributed by atoms with van der Waals surface area (Å²) in [7, 11) is 0. The van der Waals surface area contributed by atoms with E-state index in [0.717, 1.165) is 42.8 Å². The molecule has 5 nitrogen and oxygen atoms in total. The zero-order valence-corrected chi connectivity index (χ0v) is 16.8. The van der Waals surface area contributed by atoms with Crippen molar-refractivity contribution < 1.29 is 0 Å². The van der Waals surface area contributed by atoms with Gasteiger partial charge in [0.2, 0.25) is 0 Å². The second-order valence-corrected chi connectivity index (χ2v) is 7.07. The molecule has 4 rings (SSSR count). The molecule has 2 aromatic carbocycles. The third-order valence-electron chi connectivity index (χ3n) is 5.08. The molecule has 0 saturated heterocycles. The number of aromatic amines is 1. The summed E-state index contributed by atoms with van der Waals surface area (Å²) in [6, 6.07) is 18.7. The molecule has 0 saturated carbocycles. The van der Waals surface area contributed by atoms with Gasteiger partial charge in [-0.3, -0.25) is 4.98 Å². The average molecular weight is 386 g/mol. The van der Waals surface area contributed by atoms with Gasteiger partial charge >= 0.3 is 0 Å². The normalized spacial score (nSPS) is 11.8. The molecule has 2 aromatic heterocycles. The van der Waals surface area contributed by atoms with Gasteiger partial charge in [0.05, 0.1) is 12.1 Å². The lowest BCUT2D eigenvalue weighted by Gasteiger charge is -2.11. The number of benzene rings is 2. The number of rotatable bonds is 7. The highest BCUT2D eigenvalue weighted by molar-refractivity contribution is 5.84. The number of guanidine groups is 1. The molecule has 0 aliphatic rings. The molecule has 29 heavy (non-hydrogen) atoms. The number of aryl methyl sites for hydroxylation is 1. The van der Waals surface area contributed by atoms with Gasteiger partial charge in [-0.1, -0.05) is 36.4 Å². The van der Waals surface area contributed by atoms with Crippen LogP contribution in [0.2, 0.25) is 0 Å². The second kappa shape index (κ2) is 9.24. The van der Waals surface area contributed by atoms with Crippen LogP contribution in [0.1, 0.15) is 24.5 Å². The van der Waals surface area contributed by atoms with Gasteiger partial charge in [0.25, 0.3) is 0 Å². The van der Waals surface area contributed by atoms with Crippen LogP contribution in [0.4, 0.5) is 0 Å². The maximum Gasteiger partial charge on any atom is 0.191 e. The summed E-state index contributed by atoms with van der Waals surface area (Å²) in [5.74, 6) is 0.854. The number of H-pyrrole nitrogens is 1. The van der Waals surface area contributed by atoms with E-state index in [0.29, 0.717) is 6.54 Å². The highest BCUT2D eigenvalue weighted by Gasteiger charge is 2.04. The summed E-state index contributed by atoms with van der Waals surface area (Å²) in [6.07, 6.45) is 6.06. The minimum Gasteiger partial charge on any atom is -0.361 e. The molecule has 0 bridgehead atoms. The molecule has 0 unspecified atom stereocenters. The summed E-state index contributed by atoms with van der Waals surface area (Å²) in [5, 5.41) is 9.28. The van der Waals surface area contributed by atoms with Crippen molar-refractivity contribution in [2.24, 2.45) is 4.99 Å². The lowest BCUT2D eigenvalue weighted by Crippen LogP contribution is -2.37. The van der Waals surface area contributed by atoms with Crippen LogP contribution < -0.4 is 10.6 Å².